The van der Waals surface area contributed by atoms with Gasteiger partial charge in [-0.25, -0.2) is 4.79 Å². The Bertz CT molecular complexity index is 885. The van der Waals surface area contributed by atoms with Crippen molar-refractivity contribution in [3.63, 3.8) is 0 Å². The highest BCUT2D eigenvalue weighted by Gasteiger charge is 2.40. The standard InChI is InChI=1S/C17H9BrN2O2/c18-13-15-14(11-8-4-5-9-12(11)16(13)21)19-17(22)20(15)10-6-2-1-3-7-10/h1-9H. The van der Waals surface area contributed by atoms with Crippen LogP contribution in [0.1, 0.15) is 15.9 Å². The first-order valence-corrected chi connectivity index (χ1v) is 7.50. The molecule has 2 aliphatic rings. The van der Waals surface area contributed by atoms with Crippen molar-refractivity contribution in [3.8, 4) is 0 Å². The van der Waals surface area contributed by atoms with Crippen molar-refractivity contribution in [2.75, 3.05) is 4.90 Å². The predicted molar refractivity (Wildman–Crippen MR) is 87.6 cm³/mol. The Labute approximate surface area is 134 Å². The first-order valence-electron chi connectivity index (χ1n) is 6.70. The van der Waals surface area contributed by atoms with Gasteiger partial charge in [-0.2, -0.15) is 4.99 Å². The molecule has 0 saturated heterocycles. The summed E-state index contributed by atoms with van der Waals surface area (Å²) in [6.45, 7) is 0. The second kappa shape index (κ2) is 4.74. The molecule has 22 heavy (non-hydrogen) atoms. The Kier molecular flexibility index (Phi) is 2.84. The number of halogens is 1. The third kappa shape index (κ3) is 1.72. The van der Waals surface area contributed by atoms with Crippen LogP contribution in [-0.4, -0.2) is 17.5 Å². The minimum absolute atomic E-state index is 0.139. The second-order valence-electron chi connectivity index (χ2n) is 4.95. The maximum Gasteiger partial charge on any atom is 0.353 e. The largest absolute Gasteiger partial charge is 0.353 e. The van der Waals surface area contributed by atoms with Gasteiger partial charge in [-0.05, 0) is 28.1 Å². The van der Waals surface area contributed by atoms with E-state index in [1.807, 2.05) is 42.5 Å². The molecule has 0 aromatic heterocycles. The summed E-state index contributed by atoms with van der Waals surface area (Å²) in [6.07, 6.45) is 0. The number of carbonyl (C=O) groups is 2. The lowest BCUT2D eigenvalue weighted by Gasteiger charge is -2.23. The van der Waals surface area contributed by atoms with Crippen LogP contribution in [0.4, 0.5) is 10.5 Å². The fraction of sp³-hybridized carbons (Fsp3) is 0. The van der Waals surface area contributed by atoms with Gasteiger partial charge < -0.3 is 0 Å². The molecular formula is C17H9BrN2O2. The average Bonchev–Trinajstić information content (AvgIpc) is 2.91. The van der Waals surface area contributed by atoms with Crippen molar-refractivity contribution in [2.45, 2.75) is 0 Å². The number of fused-ring (bicyclic) bond motifs is 3. The number of Topliss-reactive ketones (excluding diaryl/α,β-unsaturated/α-hetero) is 1. The average molecular weight is 353 g/mol. The monoisotopic (exact) mass is 352 g/mol. The Morgan fingerprint density at radius 3 is 2.23 bits per heavy atom. The Hall–Kier alpha value is -2.53. The van der Waals surface area contributed by atoms with Gasteiger partial charge in [-0.3, -0.25) is 9.69 Å². The number of hydrogen-bond donors (Lipinski definition) is 0. The fourth-order valence-electron chi connectivity index (χ4n) is 2.72. The van der Waals surface area contributed by atoms with Crippen molar-refractivity contribution in [1.82, 2.24) is 0 Å². The van der Waals surface area contributed by atoms with E-state index in [4.69, 9.17) is 0 Å². The topological polar surface area (TPSA) is 49.7 Å². The molecule has 2 aromatic rings. The summed E-state index contributed by atoms with van der Waals surface area (Å²) in [6, 6.07) is 16.0. The molecule has 0 N–H and O–H groups in total. The maximum absolute atomic E-state index is 12.5. The Morgan fingerprint density at radius 1 is 0.864 bits per heavy atom. The van der Waals surface area contributed by atoms with Gasteiger partial charge in [0.05, 0.1) is 15.9 Å². The number of ketones is 1. The van der Waals surface area contributed by atoms with Crippen LogP contribution in [0.2, 0.25) is 0 Å². The van der Waals surface area contributed by atoms with Crippen LogP contribution in [0.25, 0.3) is 0 Å². The van der Waals surface area contributed by atoms with Crippen LogP contribution >= 0.6 is 15.9 Å². The maximum atomic E-state index is 12.5. The van der Waals surface area contributed by atoms with E-state index in [2.05, 4.69) is 20.9 Å². The van der Waals surface area contributed by atoms with Crippen LogP contribution in [0.3, 0.4) is 0 Å². The third-order valence-corrected chi connectivity index (χ3v) is 4.43. The molecule has 0 spiro atoms. The molecule has 5 heteroatoms. The Morgan fingerprint density at radius 2 is 1.50 bits per heavy atom. The molecule has 0 fully saturated rings. The number of para-hydroxylation sites is 1. The number of urea groups is 1. The molecule has 2 amide bonds. The van der Waals surface area contributed by atoms with Crippen LogP contribution in [0, 0.1) is 0 Å². The third-order valence-electron chi connectivity index (χ3n) is 3.70. The molecule has 4 nitrogen and oxygen atoms in total. The Balaban J connectivity index is 1.96. The number of allylic oxidation sites excluding steroid dienone is 2. The first kappa shape index (κ1) is 13.2. The number of anilines is 1. The van der Waals surface area contributed by atoms with E-state index in [9.17, 15) is 9.59 Å². The van der Waals surface area contributed by atoms with E-state index in [1.165, 1.54) is 4.90 Å². The molecule has 0 atom stereocenters. The molecule has 0 unspecified atom stereocenters. The molecule has 106 valence electrons. The van der Waals surface area contributed by atoms with Gasteiger partial charge in [0.1, 0.15) is 5.71 Å². The molecule has 4 rings (SSSR count). The van der Waals surface area contributed by atoms with Gasteiger partial charge in [0, 0.05) is 11.1 Å². The summed E-state index contributed by atoms with van der Waals surface area (Å²) in [4.78, 5) is 30.5. The van der Waals surface area contributed by atoms with Gasteiger partial charge in [-0.1, -0.05) is 42.5 Å². The van der Waals surface area contributed by atoms with Crippen LogP contribution in [-0.2, 0) is 0 Å². The lowest BCUT2D eigenvalue weighted by molar-refractivity contribution is 0.104. The summed E-state index contributed by atoms with van der Waals surface area (Å²) < 4.78 is 0.361. The zero-order chi connectivity index (χ0) is 15.3. The van der Waals surface area contributed by atoms with E-state index in [-0.39, 0.29) is 5.78 Å². The van der Waals surface area contributed by atoms with Gasteiger partial charge in [-0.15, -0.1) is 0 Å². The number of aliphatic imine (C=N–C) groups is 1. The lowest BCUT2D eigenvalue weighted by atomic mass is 9.92. The summed E-state index contributed by atoms with van der Waals surface area (Å²) in [5.41, 5.74) is 2.98. The van der Waals surface area contributed by atoms with Crippen molar-refractivity contribution in [2.24, 2.45) is 4.99 Å². The number of rotatable bonds is 1. The van der Waals surface area contributed by atoms with E-state index in [0.29, 0.717) is 32.7 Å². The number of benzene rings is 2. The normalized spacial score (nSPS) is 16.6. The van der Waals surface area contributed by atoms with Gasteiger partial charge >= 0.3 is 6.03 Å². The second-order valence-corrected chi connectivity index (χ2v) is 5.74. The van der Waals surface area contributed by atoms with Crippen molar-refractivity contribution < 1.29 is 9.59 Å². The van der Waals surface area contributed by atoms with Crippen molar-refractivity contribution in [1.29, 1.82) is 0 Å². The zero-order valence-corrected chi connectivity index (χ0v) is 12.9. The van der Waals surface area contributed by atoms with E-state index in [0.717, 1.165) is 0 Å². The smallest absolute Gasteiger partial charge is 0.288 e. The molecule has 2 aromatic carbocycles. The highest BCUT2D eigenvalue weighted by Crippen LogP contribution is 2.37. The lowest BCUT2D eigenvalue weighted by Crippen LogP contribution is -2.29. The number of amides is 2. The highest BCUT2D eigenvalue weighted by molar-refractivity contribution is 9.12. The first-order chi connectivity index (χ1) is 10.7. The van der Waals surface area contributed by atoms with Crippen molar-refractivity contribution >= 4 is 39.1 Å². The highest BCUT2D eigenvalue weighted by atomic mass is 79.9. The molecule has 0 bridgehead atoms. The van der Waals surface area contributed by atoms with Gasteiger partial charge in [0.15, 0.2) is 0 Å². The van der Waals surface area contributed by atoms with Gasteiger partial charge in [0.2, 0.25) is 5.78 Å². The molecule has 0 saturated carbocycles. The summed E-state index contributed by atoms with van der Waals surface area (Å²) >= 11 is 3.35. The summed E-state index contributed by atoms with van der Waals surface area (Å²) in [5, 5.41) is 0. The van der Waals surface area contributed by atoms with E-state index >= 15 is 0 Å². The molecular weight excluding hydrogens is 344 g/mol. The van der Waals surface area contributed by atoms with Crippen LogP contribution < -0.4 is 4.90 Å². The van der Waals surface area contributed by atoms with Gasteiger partial charge in [0.25, 0.3) is 0 Å². The molecule has 1 heterocycles. The molecule has 1 aliphatic carbocycles. The predicted octanol–water partition coefficient (Wildman–Crippen LogP) is 3.92. The fourth-order valence-corrected chi connectivity index (χ4v) is 3.30. The zero-order valence-electron chi connectivity index (χ0n) is 11.3. The van der Waals surface area contributed by atoms with Crippen molar-refractivity contribution in [3.05, 3.63) is 75.9 Å². The quantitative estimate of drug-likeness (QED) is 0.780. The van der Waals surface area contributed by atoms with E-state index in [1.54, 1.807) is 12.1 Å². The molecule has 0 radical (unpaired) electrons. The number of nitrogens with zero attached hydrogens (tertiary/aromatic N) is 2. The van der Waals surface area contributed by atoms with Crippen LogP contribution in [0.5, 0.6) is 0 Å². The minimum Gasteiger partial charge on any atom is -0.288 e. The molecule has 1 aliphatic heterocycles. The van der Waals surface area contributed by atoms with E-state index < -0.39 is 6.03 Å². The SMILES string of the molecule is O=C1C(Br)=C2C(=NC(=O)N2c2ccccc2)c2ccccc21. The number of carbonyl (C=O) groups excluding carboxylic acids is 2. The minimum atomic E-state index is -0.391. The summed E-state index contributed by atoms with van der Waals surface area (Å²) in [7, 11) is 0. The number of hydrogen-bond acceptors (Lipinski definition) is 2. The van der Waals surface area contributed by atoms with Crippen LogP contribution in [0.15, 0.2) is 69.8 Å². The summed E-state index contributed by atoms with van der Waals surface area (Å²) in [5.74, 6) is -0.139.